The summed E-state index contributed by atoms with van der Waals surface area (Å²) in [5.74, 6) is 0. The molecule has 3 heteroatoms. The van der Waals surface area contributed by atoms with Gasteiger partial charge in [0.2, 0.25) is 0 Å². The Morgan fingerprint density at radius 2 is 0.902 bits per heavy atom. The van der Waals surface area contributed by atoms with E-state index in [1.165, 1.54) is 89.5 Å². The third kappa shape index (κ3) is 4.52. The molecule has 51 heavy (non-hydrogen) atoms. The van der Waals surface area contributed by atoms with Gasteiger partial charge in [-0.05, 0) is 104 Å². The summed E-state index contributed by atoms with van der Waals surface area (Å²) in [4.78, 5) is 2.46. The first-order valence-corrected chi connectivity index (χ1v) is 19.0. The number of benzene rings is 9. The van der Waals surface area contributed by atoms with Crippen LogP contribution >= 0.6 is 22.7 Å². The smallest absolute Gasteiger partial charge is 0.0554 e. The second-order valence-electron chi connectivity index (χ2n) is 13.3. The van der Waals surface area contributed by atoms with Gasteiger partial charge in [-0.2, -0.15) is 0 Å². The number of hydrogen-bond acceptors (Lipinski definition) is 3. The zero-order valence-corrected chi connectivity index (χ0v) is 29.1. The maximum absolute atomic E-state index is 2.46. The van der Waals surface area contributed by atoms with Crippen molar-refractivity contribution < 1.29 is 0 Å². The molecule has 0 amide bonds. The summed E-state index contributed by atoms with van der Waals surface area (Å²) in [5.41, 5.74) is 5.92. The van der Waals surface area contributed by atoms with Gasteiger partial charge in [0.25, 0.3) is 0 Å². The molecular formula is C48H29NS2. The van der Waals surface area contributed by atoms with Crippen LogP contribution in [0.5, 0.6) is 0 Å². The summed E-state index contributed by atoms with van der Waals surface area (Å²) in [6.07, 6.45) is 0. The molecule has 11 rings (SSSR count). The van der Waals surface area contributed by atoms with Crippen LogP contribution in [0.1, 0.15) is 0 Å². The number of thiophene rings is 2. The molecule has 0 N–H and O–H groups in total. The quantitative estimate of drug-likeness (QED) is 0.167. The Kier molecular flexibility index (Phi) is 6.36. The largest absolute Gasteiger partial charge is 0.310 e. The predicted molar refractivity (Wildman–Crippen MR) is 225 cm³/mol. The zero-order valence-electron chi connectivity index (χ0n) is 27.5. The van der Waals surface area contributed by atoms with Crippen molar-refractivity contribution in [2.24, 2.45) is 0 Å². The highest BCUT2D eigenvalue weighted by Crippen LogP contribution is 2.46. The lowest BCUT2D eigenvalue weighted by molar-refractivity contribution is 1.31. The molecule has 0 saturated heterocycles. The normalized spacial score (nSPS) is 11.9. The second kappa shape index (κ2) is 11.3. The molecule has 0 saturated carbocycles. The summed E-state index contributed by atoms with van der Waals surface area (Å²) in [6, 6.07) is 65.1. The topological polar surface area (TPSA) is 3.24 Å². The standard InChI is InChI=1S/C48H29NS2/c1-2-9-37-31(8-1)16-19-33-20-17-32-18-21-34(28-40(32)47(33)37)30-22-24-35(25-23-30)49(36-26-27-45-41(29-36)38-10-3-5-13-43(38)50-45)42-12-7-15-46-48(42)39-11-4-6-14-44(39)51-46/h1-29H. The molecule has 9 aromatic carbocycles. The van der Waals surface area contributed by atoms with Crippen LogP contribution in [0.25, 0.3) is 83.8 Å². The maximum Gasteiger partial charge on any atom is 0.0554 e. The summed E-state index contributed by atoms with van der Waals surface area (Å²) in [5, 5.41) is 12.9. The molecule has 0 radical (unpaired) electrons. The van der Waals surface area contributed by atoms with E-state index >= 15 is 0 Å². The van der Waals surface area contributed by atoms with E-state index in [0.29, 0.717) is 0 Å². The van der Waals surface area contributed by atoms with E-state index in [1.54, 1.807) is 0 Å². The Labute approximate surface area is 302 Å². The van der Waals surface area contributed by atoms with E-state index in [1.807, 2.05) is 22.7 Å². The van der Waals surface area contributed by atoms with Crippen LogP contribution in [-0.4, -0.2) is 0 Å². The number of anilines is 3. The fraction of sp³-hybridized carbons (Fsp3) is 0. The summed E-state index contributed by atoms with van der Waals surface area (Å²) in [7, 11) is 0. The van der Waals surface area contributed by atoms with Crippen molar-refractivity contribution in [1.82, 2.24) is 0 Å². The molecule has 0 bridgehead atoms. The summed E-state index contributed by atoms with van der Waals surface area (Å²) >= 11 is 3.73. The number of hydrogen-bond donors (Lipinski definition) is 0. The first-order chi connectivity index (χ1) is 25.3. The molecule has 0 atom stereocenters. The molecule has 0 aliphatic heterocycles. The average molecular weight is 684 g/mol. The van der Waals surface area contributed by atoms with E-state index in [4.69, 9.17) is 0 Å². The molecular weight excluding hydrogens is 655 g/mol. The van der Waals surface area contributed by atoms with Gasteiger partial charge in [0.1, 0.15) is 0 Å². The Morgan fingerprint density at radius 1 is 0.314 bits per heavy atom. The average Bonchev–Trinajstić information content (AvgIpc) is 3.76. The van der Waals surface area contributed by atoms with E-state index in [2.05, 4.69) is 181 Å². The van der Waals surface area contributed by atoms with Crippen LogP contribution in [0.4, 0.5) is 17.1 Å². The van der Waals surface area contributed by atoms with Gasteiger partial charge in [-0.3, -0.25) is 0 Å². The third-order valence-electron chi connectivity index (χ3n) is 10.4. The molecule has 0 aliphatic carbocycles. The van der Waals surface area contributed by atoms with Crippen LogP contribution < -0.4 is 4.90 Å². The Morgan fingerprint density at radius 3 is 1.75 bits per heavy atom. The van der Waals surface area contributed by atoms with Crippen molar-refractivity contribution in [3.8, 4) is 11.1 Å². The minimum absolute atomic E-state index is 1.14. The van der Waals surface area contributed by atoms with Gasteiger partial charge in [0.05, 0.1) is 5.69 Å². The van der Waals surface area contributed by atoms with Gasteiger partial charge in [0, 0.05) is 51.7 Å². The minimum atomic E-state index is 1.14. The lowest BCUT2D eigenvalue weighted by Gasteiger charge is -2.27. The molecule has 11 aromatic rings. The number of nitrogens with zero attached hydrogens (tertiary/aromatic N) is 1. The van der Waals surface area contributed by atoms with Crippen LogP contribution in [0.3, 0.4) is 0 Å². The first kappa shape index (κ1) is 28.8. The van der Waals surface area contributed by atoms with E-state index in [0.717, 1.165) is 11.4 Å². The summed E-state index contributed by atoms with van der Waals surface area (Å²) < 4.78 is 5.24. The van der Waals surface area contributed by atoms with Crippen molar-refractivity contribution in [2.75, 3.05) is 4.90 Å². The highest BCUT2D eigenvalue weighted by atomic mass is 32.1. The Hall–Kier alpha value is -6.00. The van der Waals surface area contributed by atoms with Gasteiger partial charge in [-0.15, -0.1) is 22.7 Å². The van der Waals surface area contributed by atoms with Crippen LogP contribution in [0, 0.1) is 0 Å². The molecule has 2 aromatic heterocycles. The van der Waals surface area contributed by atoms with E-state index in [9.17, 15) is 0 Å². The van der Waals surface area contributed by atoms with Crippen LogP contribution in [-0.2, 0) is 0 Å². The lowest BCUT2D eigenvalue weighted by Crippen LogP contribution is -2.10. The van der Waals surface area contributed by atoms with Crippen molar-refractivity contribution in [1.29, 1.82) is 0 Å². The predicted octanol–water partition coefficient (Wildman–Crippen LogP) is 15.0. The van der Waals surface area contributed by atoms with Crippen LogP contribution in [0.15, 0.2) is 176 Å². The number of fused-ring (bicyclic) bond motifs is 11. The molecule has 0 fully saturated rings. The van der Waals surface area contributed by atoms with Crippen LogP contribution in [0.2, 0.25) is 0 Å². The van der Waals surface area contributed by atoms with E-state index < -0.39 is 0 Å². The fourth-order valence-electron chi connectivity index (χ4n) is 8.03. The molecule has 0 unspecified atom stereocenters. The highest BCUT2D eigenvalue weighted by molar-refractivity contribution is 7.26. The lowest BCUT2D eigenvalue weighted by atomic mass is 9.94. The molecule has 1 nitrogen and oxygen atoms in total. The minimum Gasteiger partial charge on any atom is -0.310 e. The molecule has 238 valence electrons. The molecule has 0 aliphatic rings. The second-order valence-corrected chi connectivity index (χ2v) is 15.5. The third-order valence-corrected chi connectivity index (χ3v) is 12.7. The monoisotopic (exact) mass is 683 g/mol. The number of rotatable bonds is 4. The Balaban J connectivity index is 1.10. The Bertz CT molecular complexity index is 3140. The first-order valence-electron chi connectivity index (χ1n) is 17.3. The van der Waals surface area contributed by atoms with Gasteiger partial charge >= 0.3 is 0 Å². The van der Waals surface area contributed by atoms with Gasteiger partial charge in [-0.25, -0.2) is 0 Å². The van der Waals surface area contributed by atoms with Gasteiger partial charge in [-0.1, -0.05) is 115 Å². The highest BCUT2D eigenvalue weighted by Gasteiger charge is 2.20. The fourth-order valence-corrected chi connectivity index (χ4v) is 10.2. The molecule has 2 heterocycles. The van der Waals surface area contributed by atoms with Crippen molar-refractivity contribution >= 4 is 112 Å². The SMILES string of the molecule is c1ccc2c(c1)ccc1ccc3ccc(-c4ccc(N(c5ccc6sc7ccccc7c6c5)c5cccc6sc7ccccc7c56)cc4)cc3c12. The molecule has 0 spiro atoms. The zero-order chi connectivity index (χ0) is 33.5. The summed E-state index contributed by atoms with van der Waals surface area (Å²) in [6.45, 7) is 0. The van der Waals surface area contributed by atoms with Gasteiger partial charge < -0.3 is 4.90 Å². The van der Waals surface area contributed by atoms with Gasteiger partial charge in [0.15, 0.2) is 0 Å². The van der Waals surface area contributed by atoms with Crippen molar-refractivity contribution in [3.05, 3.63) is 176 Å². The van der Waals surface area contributed by atoms with Crippen molar-refractivity contribution in [3.63, 3.8) is 0 Å². The van der Waals surface area contributed by atoms with E-state index in [-0.39, 0.29) is 0 Å². The maximum atomic E-state index is 2.46. The van der Waals surface area contributed by atoms with Crippen molar-refractivity contribution in [2.45, 2.75) is 0 Å².